The monoisotopic (exact) mass is 401 g/mol. The Balaban J connectivity index is 1.87. The molecule has 0 radical (unpaired) electrons. The molecular formula is C20H30F3N3O2. The Hall–Kier alpha value is -1.80. The number of hydrogen-bond donors (Lipinski definition) is 1. The first-order valence-electron chi connectivity index (χ1n) is 9.63. The maximum Gasteiger partial charge on any atom is 0.416 e. The van der Waals surface area contributed by atoms with E-state index in [2.05, 4.69) is 24.1 Å². The standard InChI is InChI=1S/C20H30F3N3O2/c1-15(2)12-18(26-8-10-28-11-9-26)13-24-19(27)25(3)14-16-4-6-17(7-5-16)20(21,22)23/h4-7,15,18H,8-14H2,1-3H3,(H,24,27). The van der Waals surface area contributed by atoms with Crippen LogP contribution in [0.5, 0.6) is 0 Å². The number of urea groups is 1. The molecule has 0 saturated carbocycles. The summed E-state index contributed by atoms with van der Waals surface area (Å²) in [5.41, 5.74) is -0.0389. The van der Waals surface area contributed by atoms with Gasteiger partial charge in [0.1, 0.15) is 0 Å². The van der Waals surface area contributed by atoms with Gasteiger partial charge in [0.25, 0.3) is 0 Å². The number of amides is 2. The summed E-state index contributed by atoms with van der Waals surface area (Å²) in [7, 11) is 1.64. The third-order valence-corrected chi connectivity index (χ3v) is 4.84. The van der Waals surface area contributed by atoms with Gasteiger partial charge < -0.3 is 15.0 Å². The fourth-order valence-corrected chi connectivity index (χ4v) is 3.33. The smallest absolute Gasteiger partial charge is 0.379 e. The number of alkyl halides is 3. The fourth-order valence-electron chi connectivity index (χ4n) is 3.33. The number of benzene rings is 1. The van der Waals surface area contributed by atoms with Gasteiger partial charge in [-0.25, -0.2) is 4.79 Å². The molecule has 1 saturated heterocycles. The Kier molecular flexibility index (Phi) is 8.12. The molecule has 1 aromatic rings. The summed E-state index contributed by atoms with van der Waals surface area (Å²) in [6.07, 6.45) is -3.38. The minimum atomic E-state index is -4.35. The quantitative estimate of drug-likeness (QED) is 0.759. The molecule has 0 aromatic heterocycles. The molecule has 1 fully saturated rings. The highest BCUT2D eigenvalue weighted by atomic mass is 19.4. The fraction of sp³-hybridized carbons (Fsp3) is 0.650. The predicted octanol–water partition coefficient (Wildman–Crippen LogP) is 3.59. The number of carbonyl (C=O) groups is 1. The Labute approximate surface area is 164 Å². The summed E-state index contributed by atoms with van der Waals surface area (Å²) in [6, 6.07) is 4.90. The minimum Gasteiger partial charge on any atom is -0.379 e. The van der Waals surface area contributed by atoms with Crippen molar-refractivity contribution in [2.45, 2.75) is 39.0 Å². The first kappa shape index (κ1) is 22.5. The van der Waals surface area contributed by atoms with Crippen LogP contribution in [0.25, 0.3) is 0 Å². The van der Waals surface area contributed by atoms with Gasteiger partial charge in [-0.15, -0.1) is 0 Å². The van der Waals surface area contributed by atoms with Crippen LogP contribution in [0, 0.1) is 5.92 Å². The van der Waals surface area contributed by atoms with E-state index in [1.54, 1.807) is 7.05 Å². The topological polar surface area (TPSA) is 44.8 Å². The Morgan fingerprint density at radius 1 is 1.21 bits per heavy atom. The van der Waals surface area contributed by atoms with E-state index in [1.165, 1.54) is 17.0 Å². The number of nitrogens with zero attached hydrogens (tertiary/aromatic N) is 2. The first-order chi connectivity index (χ1) is 13.2. The van der Waals surface area contributed by atoms with E-state index < -0.39 is 11.7 Å². The summed E-state index contributed by atoms with van der Waals surface area (Å²) in [5, 5.41) is 2.97. The Morgan fingerprint density at radius 3 is 2.36 bits per heavy atom. The van der Waals surface area contributed by atoms with Crippen molar-refractivity contribution in [2.75, 3.05) is 39.9 Å². The minimum absolute atomic E-state index is 0.234. The molecule has 0 spiro atoms. The molecule has 0 bridgehead atoms. The Bertz CT molecular complexity index is 614. The van der Waals surface area contributed by atoms with Crippen molar-refractivity contribution >= 4 is 6.03 Å². The van der Waals surface area contributed by atoms with Gasteiger partial charge in [0.2, 0.25) is 0 Å². The van der Waals surface area contributed by atoms with Crippen LogP contribution in [0.4, 0.5) is 18.0 Å². The molecule has 1 aliphatic heterocycles. The largest absolute Gasteiger partial charge is 0.416 e. The number of hydrogen-bond acceptors (Lipinski definition) is 3. The lowest BCUT2D eigenvalue weighted by Gasteiger charge is -2.35. The summed E-state index contributed by atoms with van der Waals surface area (Å²) >= 11 is 0. The zero-order chi connectivity index (χ0) is 20.7. The van der Waals surface area contributed by atoms with Crippen molar-refractivity contribution in [3.63, 3.8) is 0 Å². The summed E-state index contributed by atoms with van der Waals surface area (Å²) in [5.74, 6) is 0.509. The van der Waals surface area contributed by atoms with Crippen molar-refractivity contribution in [2.24, 2.45) is 5.92 Å². The second-order valence-electron chi connectivity index (χ2n) is 7.67. The van der Waals surface area contributed by atoms with Crippen LogP contribution >= 0.6 is 0 Å². The number of nitrogens with one attached hydrogen (secondary N) is 1. The van der Waals surface area contributed by atoms with Crippen LogP contribution in [0.3, 0.4) is 0 Å². The molecule has 158 valence electrons. The van der Waals surface area contributed by atoms with Crippen LogP contribution in [0.15, 0.2) is 24.3 Å². The lowest BCUT2D eigenvalue weighted by atomic mass is 10.0. The van der Waals surface area contributed by atoms with Crippen molar-refractivity contribution in [3.8, 4) is 0 Å². The molecule has 1 heterocycles. The highest BCUT2D eigenvalue weighted by molar-refractivity contribution is 5.73. The molecule has 1 aromatic carbocycles. The Morgan fingerprint density at radius 2 is 1.82 bits per heavy atom. The van der Waals surface area contributed by atoms with Crippen LogP contribution in [0.1, 0.15) is 31.4 Å². The normalized spacial score (nSPS) is 16.8. The van der Waals surface area contributed by atoms with Crippen molar-refractivity contribution in [1.82, 2.24) is 15.1 Å². The molecule has 2 rings (SSSR count). The van der Waals surface area contributed by atoms with Crippen molar-refractivity contribution in [3.05, 3.63) is 35.4 Å². The highest BCUT2D eigenvalue weighted by Crippen LogP contribution is 2.29. The molecule has 2 amide bonds. The number of rotatable bonds is 7. The van der Waals surface area contributed by atoms with Crippen molar-refractivity contribution < 1.29 is 22.7 Å². The third-order valence-electron chi connectivity index (χ3n) is 4.84. The van der Waals surface area contributed by atoms with Gasteiger partial charge in [-0.05, 0) is 30.0 Å². The highest BCUT2D eigenvalue weighted by Gasteiger charge is 2.30. The van der Waals surface area contributed by atoms with E-state index in [9.17, 15) is 18.0 Å². The van der Waals surface area contributed by atoms with Crippen LogP contribution < -0.4 is 5.32 Å². The van der Waals surface area contributed by atoms with E-state index in [4.69, 9.17) is 4.74 Å². The van der Waals surface area contributed by atoms with Gasteiger partial charge in [0.15, 0.2) is 0 Å². The van der Waals surface area contributed by atoms with E-state index in [-0.39, 0.29) is 18.6 Å². The third kappa shape index (κ3) is 6.98. The summed E-state index contributed by atoms with van der Waals surface area (Å²) in [4.78, 5) is 16.3. The van der Waals surface area contributed by atoms with Crippen LogP contribution in [-0.2, 0) is 17.5 Å². The predicted molar refractivity (Wildman–Crippen MR) is 102 cm³/mol. The van der Waals surface area contributed by atoms with Crippen molar-refractivity contribution in [1.29, 1.82) is 0 Å². The second kappa shape index (κ2) is 10.1. The number of ether oxygens (including phenoxy) is 1. The van der Waals surface area contributed by atoms with Gasteiger partial charge in [0, 0.05) is 39.3 Å². The lowest BCUT2D eigenvalue weighted by Crippen LogP contribution is -2.50. The average molecular weight is 401 g/mol. The molecule has 1 atom stereocenters. The maximum absolute atomic E-state index is 12.6. The zero-order valence-corrected chi connectivity index (χ0v) is 16.8. The van der Waals surface area contributed by atoms with E-state index in [0.29, 0.717) is 31.2 Å². The zero-order valence-electron chi connectivity index (χ0n) is 16.8. The summed E-state index contributed by atoms with van der Waals surface area (Å²) < 4.78 is 43.3. The molecule has 28 heavy (non-hydrogen) atoms. The lowest BCUT2D eigenvalue weighted by molar-refractivity contribution is -0.137. The van der Waals surface area contributed by atoms with E-state index in [1.807, 2.05) is 0 Å². The summed E-state index contributed by atoms with van der Waals surface area (Å²) in [6.45, 7) is 8.22. The van der Waals surface area contributed by atoms with Gasteiger partial charge in [0.05, 0.1) is 18.8 Å². The maximum atomic E-state index is 12.6. The SMILES string of the molecule is CC(C)CC(CNC(=O)N(C)Cc1ccc(C(F)(F)F)cc1)N1CCOCC1. The molecule has 1 aliphatic rings. The second-order valence-corrected chi connectivity index (χ2v) is 7.67. The van der Waals surface area contributed by atoms with Gasteiger partial charge in [-0.3, -0.25) is 4.90 Å². The van der Waals surface area contributed by atoms with E-state index in [0.717, 1.165) is 31.6 Å². The average Bonchev–Trinajstić information content (AvgIpc) is 2.65. The van der Waals surface area contributed by atoms with E-state index >= 15 is 0 Å². The van der Waals surface area contributed by atoms with Gasteiger partial charge >= 0.3 is 12.2 Å². The molecule has 5 nitrogen and oxygen atoms in total. The van der Waals surface area contributed by atoms with Gasteiger partial charge in [-0.1, -0.05) is 26.0 Å². The molecule has 1 N–H and O–H groups in total. The number of halogens is 3. The van der Waals surface area contributed by atoms with Gasteiger partial charge in [-0.2, -0.15) is 13.2 Å². The number of morpholine rings is 1. The molecule has 1 unspecified atom stereocenters. The molecule has 0 aliphatic carbocycles. The molecular weight excluding hydrogens is 371 g/mol. The van der Waals surface area contributed by atoms with Crippen LogP contribution in [0.2, 0.25) is 0 Å². The first-order valence-corrected chi connectivity index (χ1v) is 9.63. The van der Waals surface area contributed by atoms with Crippen LogP contribution in [-0.4, -0.2) is 61.8 Å². The molecule has 8 heteroatoms. The number of carbonyl (C=O) groups excluding carboxylic acids is 1.